The summed E-state index contributed by atoms with van der Waals surface area (Å²) in [6.07, 6.45) is 0. The molecule has 0 rings (SSSR count). The number of alkyl halides is 2. The van der Waals surface area contributed by atoms with Crippen LogP contribution >= 0.6 is 48.2 Å². The van der Waals surface area contributed by atoms with Crippen LogP contribution in [0.5, 0.6) is 0 Å². The first-order chi connectivity index (χ1) is 2.77. The van der Waals surface area contributed by atoms with Crippen LogP contribution in [-0.4, -0.2) is 4.17 Å². The summed E-state index contributed by atoms with van der Waals surface area (Å²) >= 11 is 14.5. The molecule has 0 amide bonds. The Hall–Kier alpha value is 1.24. The Balaban J connectivity index is 2.63. The van der Waals surface area contributed by atoms with E-state index in [2.05, 4.69) is 16.5 Å². The third-order valence-corrected chi connectivity index (χ3v) is 1.04. The summed E-state index contributed by atoms with van der Waals surface area (Å²) in [4.78, 5) is 0. The Labute approximate surface area is 56.2 Å². The lowest BCUT2D eigenvalue weighted by Gasteiger charge is -1.89. The average Bonchev–Trinajstić information content (AvgIpc) is 1.35. The lowest BCUT2D eigenvalue weighted by molar-refractivity contribution is 0.776. The molecule has 0 fully saturated rings. The van der Waals surface area contributed by atoms with Gasteiger partial charge < -0.3 is 0 Å². The van der Waals surface area contributed by atoms with Gasteiger partial charge in [-0.3, -0.25) is 0 Å². The summed E-state index contributed by atoms with van der Waals surface area (Å²) in [7, 11) is 0. The van der Waals surface area contributed by atoms with Crippen molar-refractivity contribution in [3.05, 3.63) is 0 Å². The molecule has 0 spiro atoms. The molecule has 0 aliphatic heterocycles. The fourth-order valence-electron chi connectivity index (χ4n) is 0.0325. The van der Waals surface area contributed by atoms with E-state index >= 15 is 0 Å². The summed E-state index contributed by atoms with van der Waals surface area (Å²) in [6, 6.07) is 0. The summed E-state index contributed by atoms with van der Waals surface area (Å²) < 4.78 is 3.61. The monoisotopic (exact) mass is 164 g/mol. The van der Waals surface area contributed by atoms with Crippen LogP contribution in [0.1, 0.15) is 0 Å². The lowest BCUT2D eigenvalue weighted by Crippen LogP contribution is -1.70. The van der Waals surface area contributed by atoms with Crippen molar-refractivity contribution in [1.82, 2.24) is 0 Å². The van der Waals surface area contributed by atoms with Gasteiger partial charge in [-0.2, -0.15) is 0 Å². The molecular formula is CH2Cl2OS2. The molecule has 0 atom stereocenters. The number of rotatable bonds is 2. The molecule has 0 heterocycles. The smallest absolute Gasteiger partial charge is 0.179 e. The first-order valence-corrected chi connectivity index (χ1v) is 3.06. The van der Waals surface area contributed by atoms with E-state index in [0.29, 0.717) is 0 Å². The first kappa shape index (κ1) is 7.24. The SMILES string of the molecule is SOSC(Cl)Cl. The zero-order valence-electron chi connectivity index (χ0n) is 2.60. The van der Waals surface area contributed by atoms with Crippen molar-refractivity contribution < 1.29 is 3.63 Å². The van der Waals surface area contributed by atoms with E-state index < -0.39 is 4.17 Å². The van der Waals surface area contributed by atoms with E-state index in [1.54, 1.807) is 0 Å². The second-order valence-corrected chi connectivity index (χ2v) is 3.31. The fraction of sp³-hybridized carbons (Fsp3) is 1.00. The van der Waals surface area contributed by atoms with E-state index in [0.717, 1.165) is 12.0 Å². The van der Waals surface area contributed by atoms with Crippen LogP contribution in [0.25, 0.3) is 0 Å². The maximum atomic E-state index is 5.13. The molecule has 0 saturated heterocycles. The van der Waals surface area contributed by atoms with Crippen LogP contribution in [0.4, 0.5) is 0 Å². The normalized spacial score (nSPS) is 10.0. The molecule has 6 heavy (non-hydrogen) atoms. The Bertz CT molecular complexity index is 32.7. The number of hydrogen-bond donors (Lipinski definition) is 1. The molecule has 0 aromatic rings. The molecule has 0 aliphatic rings. The average molecular weight is 165 g/mol. The minimum atomic E-state index is -0.539. The highest BCUT2D eigenvalue weighted by atomic mass is 35.5. The largest absolute Gasteiger partial charge is 0.248 e. The predicted octanol–water partition coefficient (Wildman–Crippen LogP) is 2.26. The van der Waals surface area contributed by atoms with Gasteiger partial charge in [-0.05, 0) is 12.9 Å². The highest BCUT2D eigenvalue weighted by molar-refractivity contribution is 8.03. The maximum absolute atomic E-state index is 5.13. The summed E-state index contributed by atoms with van der Waals surface area (Å²) in [6.45, 7) is 0. The van der Waals surface area contributed by atoms with Crippen molar-refractivity contribution in [3.63, 3.8) is 0 Å². The number of hydrogen-bond acceptors (Lipinski definition) is 3. The molecule has 0 radical (unpaired) electrons. The predicted molar refractivity (Wildman–Crippen MR) is 33.2 cm³/mol. The molecule has 1 nitrogen and oxygen atoms in total. The highest BCUT2D eigenvalue weighted by Gasteiger charge is 1.94. The van der Waals surface area contributed by atoms with Gasteiger partial charge >= 0.3 is 0 Å². The Morgan fingerprint density at radius 2 is 2.17 bits per heavy atom. The van der Waals surface area contributed by atoms with Crippen molar-refractivity contribution >= 4 is 48.2 Å². The van der Waals surface area contributed by atoms with Crippen LogP contribution < -0.4 is 0 Å². The van der Waals surface area contributed by atoms with Gasteiger partial charge in [-0.15, -0.1) is 0 Å². The zero-order chi connectivity index (χ0) is 4.99. The van der Waals surface area contributed by atoms with Gasteiger partial charge in [-0.25, -0.2) is 3.63 Å². The second kappa shape index (κ2) is 4.40. The maximum Gasteiger partial charge on any atom is 0.179 e. The van der Waals surface area contributed by atoms with E-state index in [4.69, 9.17) is 23.2 Å². The quantitative estimate of drug-likeness (QED) is 0.381. The topological polar surface area (TPSA) is 9.23 Å². The van der Waals surface area contributed by atoms with Crippen LogP contribution in [-0.2, 0) is 3.63 Å². The van der Waals surface area contributed by atoms with Crippen molar-refractivity contribution in [1.29, 1.82) is 0 Å². The molecule has 0 aromatic heterocycles. The molecule has 0 bridgehead atoms. The Morgan fingerprint density at radius 1 is 1.67 bits per heavy atom. The third-order valence-electron chi connectivity index (χ3n) is 0.116. The van der Waals surface area contributed by atoms with Crippen LogP contribution in [0.15, 0.2) is 0 Å². The molecule has 0 unspecified atom stereocenters. The van der Waals surface area contributed by atoms with Gasteiger partial charge in [-0.1, -0.05) is 23.2 Å². The fourth-order valence-corrected chi connectivity index (χ4v) is 0.878. The Morgan fingerprint density at radius 3 is 2.17 bits per heavy atom. The molecule has 5 heteroatoms. The van der Waals surface area contributed by atoms with Crippen molar-refractivity contribution in [2.24, 2.45) is 0 Å². The van der Waals surface area contributed by atoms with Crippen molar-refractivity contribution in [2.75, 3.05) is 0 Å². The standard InChI is InChI=1S/CH2Cl2OS2/c2-1(3)6-4-5/h1,5H. The molecule has 0 saturated carbocycles. The molecular weight excluding hydrogens is 163 g/mol. The zero-order valence-corrected chi connectivity index (χ0v) is 5.82. The van der Waals surface area contributed by atoms with Crippen LogP contribution in [0.2, 0.25) is 0 Å². The van der Waals surface area contributed by atoms with Gasteiger partial charge in [0.1, 0.15) is 0 Å². The Kier molecular flexibility index (Phi) is 5.31. The number of halogens is 2. The number of thiol groups is 1. The van der Waals surface area contributed by atoms with Gasteiger partial charge in [0.05, 0.1) is 0 Å². The second-order valence-electron chi connectivity index (χ2n) is 0.431. The van der Waals surface area contributed by atoms with Crippen molar-refractivity contribution in [2.45, 2.75) is 4.17 Å². The van der Waals surface area contributed by atoms with Crippen molar-refractivity contribution in [3.8, 4) is 0 Å². The summed E-state index contributed by atoms with van der Waals surface area (Å²) in [5, 5.41) is 0. The minimum absolute atomic E-state index is 0.539. The van der Waals surface area contributed by atoms with Gasteiger partial charge in [0.25, 0.3) is 0 Å². The van der Waals surface area contributed by atoms with Gasteiger partial charge in [0.2, 0.25) is 0 Å². The molecule has 0 aromatic carbocycles. The molecule has 0 aliphatic carbocycles. The molecule has 0 N–H and O–H groups in total. The minimum Gasteiger partial charge on any atom is -0.248 e. The third kappa shape index (κ3) is 5.24. The van der Waals surface area contributed by atoms with E-state index in [1.807, 2.05) is 0 Å². The van der Waals surface area contributed by atoms with E-state index in [9.17, 15) is 0 Å². The van der Waals surface area contributed by atoms with Crippen LogP contribution in [0.3, 0.4) is 0 Å². The van der Waals surface area contributed by atoms with Gasteiger partial charge in [0, 0.05) is 12.0 Å². The lowest BCUT2D eigenvalue weighted by atomic mass is 11.9. The summed E-state index contributed by atoms with van der Waals surface area (Å²) in [5.74, 6) is 0. The summed E-state index contributed by atoms with van der Waals surface area (Å²) in [5.41, 5.74) is 0. The van der Waals surface area contributed by atoms with E-state index in [1.165, 1.54) is 0 Å². The first-order valence-electron chi connectivity index (χ1n) is 1.02. The van der Waals surface area contributed by atoms with Crippen LogP contribution in [0, 0.1) is 0 Å². The van der Waals surface area contributed by atoms with E-state index in [-0.39, 0.29) is 0 Å². The molecule has 38 valence electrons. The van der Waals surface area contributed by atoms with Gasteiger partial charge in [0.15, 0.2) is 4.17 Å². The highest BCUT2D eigenvalue weighted by Crippen LogP contribution is 2.20.